The molecule has 0 bridgehead atoms. The Morgan fingerprint density at radius 2 is 1.39 bits per heavy atom. The summed E-state index contributed by atoms with van der Waals surface area (Å²) in [5, 5.41) is 3.55. The highest BCUT2D eigenvalue weighted by molar-refractivity contribution is 7.92. The first-order valence-corrected chi connectivity index (χ1v) is 13.4. The van der Waals surface area contributed by atoms with E-state index in [4.69, 9.17) is 23.2 Å². The number of anilines is 1. The maximum absolute atomic E-state index is 13.6. The molecule has 184 valence electrons. The number of hydrogen-bond donors (Lipinski definition) is 1. The Labute approximate surface area is 221 Å². The van der Waals surface area contributed by atoms with Gasteiger partial charge in [0.1, 0.15) is 6.54 Å². The van der Waals surface area contributed by atoms with Crippen molar-refractivity contribution in [2.75, 3.05) is 10.8 Å². The summed E-state index contributed by atoms with van der Waals surface area (Å²) >= 11 is 12.4. The van der Waals surface area contributed by atoms with E-state index >= 15 is 0 Å². The number of benzene rings is 4. The van der Waals surface area contributed by atoms with E-state index in [1.54, 1.807) is 18.2 Å². The van der Waals surface area contributed by atoms with Crippen LogP contribution in [0.2, 0.25) is 10.0 Å². The molecule has 0 unspecified atom stereocenters. The molecular weight excluding hydrogens is 515 g/mol. The smallest absolute Gasteiger partial charge is 0.264 e. The van der Waals surface area contributed by atoms with Crippen LogP contribution >= 0.6 is 23.2 Å². The van der Waals surface area contributed by atoms with Crippen LogP contribution in [0.5, 0.6) is 0 Å². The zero-order chi connectivity index (χ0) is 25.7. The molecule has 36 heavy (non-hydrogen) atoms. The summed E-state index contributed by atoms with van der Waals surface area (Å²) < 4.78 is 28.3. The minimum atomic E-state index is -4.10. The summed E-state index contributed by atoms with van der Waals surface area (Å²) in [5.41, 5.74) is 2.99. The van der Waals surface area contributed by atoms with Gasteiger partial charge in [-0.15, -0.1) is 0 Å². The molecule has 0 radical (unpaired) electrons. The monoisotopic (exact) mass is 538 g/mol. The van der Waals surface area contributed by atoms with Gasteiger partial charge >= 0.3 is 0 Å². The lowest BCUT2D eigenvalue weighted by Gasteiger charge is -2.27. The zero-order valence-corrected chi connectivity index (χ0v) is 21.8. The molecule has 0 heterocycles. The summed E-state index contributed by atoms with van der Waals surface area (Å²) in [5.74, 6) is -0.484. The molecule has 1 atom stereocenters. The van der Waals surface area contributed by atoms with Crippen molar-refractivity contribution in [3.05, 3.63) is 130 Å². The second kappa shape index (κ2) is 11.2. The summed E-state index contributed by atoms with van der Waals surface area (Å²) in [6.07, 6.45) is 0. The van der Waals surface area contributed by atoms with Crippen LogP contribution in [0.15, 0.2) is 108 Å². The third-order valence-corrected chi connectivity index (χ3v) is 7.92. The van der Waals surface area contributed by atoms with Crippen LogP contribution in [0.4, 0.5) is 5.69 Å². The van der Waals surface area contributed by atoms with Crippen LogP contribution in [0.3, 0.4) is 0 Å². The Balaban J connectivity index is 1.72. The molecule has 0 aromatic heterocycles. The Morgan fingerprint density at radius 3 is 2.00 bits per heavy atom. The topological polar surface area (TPSA) is 66.5 Å². The number of aryl methyl sites for hydroxylation is 1. The van der Waals surface area contributed by atoms with E-state index in [1.807, 2.05) is 61.5 Å². The number of carbonyl (C=O) groups is 1. The van der Waals surface area contributed by atoms with Gasteiger partial charge in [0.2, 0.25) is 5.91 Å². The molecular formula is C28H24Cl2N2O3S. The van der Waals surface area contributed by atoms with Gasteiger partial charge in [0.05, 0.1) is 16.6 Å². The molecule has 0 aliphatic heterocycles. The number of sulfonamides is 1. The summed E-state index contributed by atoms with van der Waals surface area (Å²) in [6.45, 7) is 1.50. The van der Waals surface area contributed by atoms with Crippen molar-refractivity contribution in [2.45, 2.75) is 17.9 Å². The minimum absolute atomic E-state index is 0.0485. The number of rotatable bonds is 8. The molecule has 1 amide bonds. The number of amides is 1. The van der Waals surface area contributed by atoms with E-state index in [9.17, 15) is 13.2 Å². The first kappa shape index (κ1) is 25.8. The van der Waals surface area contributed by atoms with Crippen LogP contribution in [0, 0.1) is 6.92 Å². The molecule has 0 aliphatic rings. The second-order valence-electron chi connectivity index (χ2n) is 8.22. The SMILES string of the molecule is Cc1ccccc1[C@@H](NC(=O)CN(c1cc(Cl)cc(Cl)c1)S(=O)(=O)c1ccccc1)c1ccccc1. The fourth-order valence-corrected chi connectivity index (χ4v) is 5.89. The third-order valence-electron chi connectivity index (χ3n) is 5.69. The van der Waals surface area contributed by atoms with Gasteiger partial charge in [-0.3, -0.25) is 9.10 Å². The summed E-state index contributed by atoms with van der Waals surface area (Å²) in [4.78, 5) is 13.5. The Morgan fingerprint density at radius 1 is 0.833 bits per heavy atom. The van der Waals surface area contributed by atoms with Gasteiger partial charge in [0.25, 0.3) is 10.0 Å². The van der Waals surface area contributed by atoms with Crippen LogP contribution < -0.4 is 9.62 Å². The van der Waals surface area contributed by atoms with E-state index < -0.39 is 28.5 Å². The number of hydrogen-bond acceptors (Lipinski definition) is 3. The Hall–Kier alpha value is -3.32. The average molecular weight is 539 g/mol. The molecule has 0 saturated carbocycles. The number of nitrogens with one attached hydrogen (secondary N) is 1. The van der Waals surface area contributed by atoms with Gasteiger partial charge < -0.3 is 5.32 Å². The predicted octanol–water partition coefficient (Wildman–Crippen LogP) is 6.40. The van der Waals surface area contributed by atoms with E-state index in [1.165, 1.54) is 30.3 Å². The molecule has 4 aromatic carbocycles. The lowest BCUT2D eigenvalue weighted by Crippen LogP contribution is -2.42. The van der Waals surface area contributed by atoms with Gasteiger partial charge in [-0.2, -0.15) is 0 Å². The summed E-state index contributed by atoms with van der Waals surface area (Å²) in [6, 6.07) is 29.2. The van der Waals surface area contributed by atoms with Gasteiger partial charge in [-0.1, -0.05) is 96.0 Å². The second-order valence-corrected chi connectivity index (χ2v) is 11.0. The first-order valence-electron chi connectivity index (χ1n) is 11.2. The Bertz CT molecular complexity index is 1440. The fraction of sp³-hybridized carbons (Fsp3) is 0.107. The van der Waals surface area contributed by atoms with E-state index in [2.05, 4.69) is 5.32 Å². The quantitative estimate of drug-likeness (QED) is 0.282. The van der Waals surface area contributed by atoms with Crippen LogP contribution in [-0.4, -0.2) is 20.9 Å². The molecule has 8 heteroatoms. The molecule has 0 fully saturated rings. The molecule has 0 saturated heterocycles. The van der Waals surface area contributed by atoms with Crippen LogP contribution in [0.25, 0.3) is 0 Å². The van der Waals surface area contributed by atoms with Crippen molar-refractivity contribution in [3.8, 4) is 0 Å². The highest BCUT2D eigenvalue weighted by Crippen LogP contribution is 2.30. The highest BCUT2D eigenvalue weighted by Gasteiger charge is 2.29. The summed E-state index contributed by atoms with van der Waals surface area (Å²) in [7, 11) is -4.10. The molecule has 4 aromatic rings. The molecule has 4 rings (SSSR count). The van der Waals surface area contributed by atoms with Gasteiger partial charge in [-0.05, 0) is 53.9 Å². The largest absolute Gasteiger partial charge is 0.344 e. The number of nitrogens with zero attached hydrogens (tertiary/aromatic N) is 1. The maximum atomic E-state index is 13.6. The fourth-order valence-electron chi connectivity index (χ4n) is 3.95. The molecule has 0 spiro atoms. The van der Waals surface area contributed by atoms with Crippen molar-refractivity contribution in [1.82, 2.24) is 5.32 Å². The maximum Gasteiger partial charge on any atom is 0.264 e. The minimum Gasteiger partial charge on any atom is -0.344 e. The lowest BCUT2D eigenvalue weighted by atomic mass is 9.95. The van der Waals surface area contributed by atoms with Crippen LogP contribution in [0.1, 0.15) is 22.7 Å². The van der Waals surface area contributed by atoms with Crippen LogP contribution in [-0.2, 0) is 14.8 Å². The van der Waals surface area contributed by atoms with Gasteiger partial charge in [0, 0.05) is 10.0 Å². The lowest BCUT2D eigenvalue weighted by molar-refractivity contribution is -0.120. The molecule has 0 aliphatic carbocycles. The zero-order valence-electron chi connectivity index (χ0n) is 19.4. The van der Waals surface area contributed by atoms with Crippen molar-refractivity contribution < 1.29 is 13.2 Å². The van der Waals surface area contributed by atoms with Crippen molar-refractivity contribution in [3.63, 3.8) is 0 Å². The number of halogens is 2. The van der Waals surface area contributed by atoms with Gasteiger partial charge in [-0.25, -0.2) is 8.42 Å². The van der Waals surface area contributed by atoms with E-state index in [-0.39, 0.29) is 20.6 Å². The predicted molar refractivity (Wildman–Crippen MR) is 145 cm³/mol. The molecule has 1 N–H and O–H groups in total. The van der Waals surface area contributed by atoms with E-state index in [0.29, 0.717) is 0 Å². The molecule has 5 nitrogen and oxygen atoms in total. The third kappa shape index (κ3) is 5.90. The average Bonchev–Trinajstić information content (AvgIpc) is 2.87. The first-order chi connectivity index (χ1) is 17.3. The van der Waals surface area contributed by atoms with E-state index in [0.717, 1.165) is 21.0 Å². The van der Waals surface area contributed by atoms with Crippen molar-refractivity contribution in [2.24, 2.45) is 0 Å². The van der Waals surface area contributed by atoms with Gasteiger partial charge in [0.15, 0.2) is 0 Å². The van der Waals surface area contributed by atoms with Crippen molar-refractivity contribution >= 4 is 44.8 Å². The standard InChI is InChI=1S/C28H24Cl2N2O3S/c1-20-10-8-9-15-26(20)28(21-11-4-2-5-12-21)31-27(33)19-32(24-17-22(29)16-23(30)18-24)36(34,35)25-13-6-3-7-14-25/h2-18,28H,19H2,1H3,(H,31,33)/t28-/m0/s1. The highest BCUT2D eigenvalue weighted by atomic mass is 35.5. The Kier molecular flexibility index (Phi) is 7.99. The normalized spacial score (nSPS) is 12.1. The van der Waals surface area contributed by atoms with Crippen molar-refractivity contribution in [1.29, 1.82) is 0 Å². The number of carbonyl (C=O) groups excluding carboxylic acids is 1.